The summed E-state index contributed by atoms with van der Waals surface area (Å²) in [5, 5.41) is 2.20. The summed E-state index contributed by atoms with van der Waals surface area (Å²) in [6, 6.07) is 68.0. The number of furan rings is 1. The van der Waals surface area contributed by atoms with Gasteiger partial charge in [0.05, 0.1) is 16.8 Å². The number of hydrogen-bond acceptors (Lipinski definition) is 2. The van der Waals surface area contributed by atoms with Gasteiger partial charge in [-0.05, 0) is 92.5 Å². The third-order valence-electron chi connectivity index (χ3n) is 11.1. The number of anilines is 3. The van der Waals surface area contributed by atoms with Crippen molar-refractivity contribution in [3.8, 4) is 44.5 Å². The lowest BCUT2D eigenvalue weighted by molar-refractivity contribution is 0.660. The summed E-state index contributed by atoms with van der Waals surface area (Å²) < 4.78 is 6.51. The third kappa shape index (κ3) is 5.02. The first kappa shape index (κ1) is 31.1. The minimum atomic E-state index is -0.0909. The molecule has 2 heteroatoms. The van der Waals surface area contributed by atoms with Gasteiger partial charge in [-0.15, -0.1) is 0 Å². The van der Waals surface area contributed by atoms with Gasteiger partial charge in [0.2, 0.25) is 0 Å². The Morgan fingerprint density at radius 2 is 1.02 bits per heavy atom. The van der Waals surface area contributed by atoms with E-state index in [1.54, 1.807) is 0 Å². The van der Waals surface area contributed by atoms with Crippen LogP contribution in [0.25, 0.3) is 66.4 Å². The molecule has 8 aromatic carbocycles. The van der Waals surface area contributed by atoms with Gasteiger partial charge in [-0.3, -0.25) is 0 Å². The molecule has 0 N–H and O–H groups in total. The van der Waals surface area contributed by atoms with E-state index in [0.29, 0.717) is 0 Å². The Labute approximate surface area is 310 Å². The molecule has 0 unspecified atom stereocenters. The van der Waals surface area contributed by atoms with Crippen LogP contribution in [0, 0.1) is 0 Å². The van der Waals surface area contributed by atoms with E-state index in [9.17, 15) is 0 Å². The Kier molecular flexibility index (Phi) is 7.19. The predicted octanol–water partition coefficient (Wildman–Crippen LogP) is 14.4. The van der Waals surface area contributed by atoms with Crippen molar-refractivity contribution in [3.05, 3.63) is 199 Å². The number of fused-ring (bicyclic) bond motifs is 6. The minimum absolute atomic E-state index is 0.0909. The summed E-state index contributed by atoms with van der Waals surface area (Å²) in [5.74, 6) is 0. The zero-order valence-corrected chi connectivity index (χ0v) is 29.8. The fourth-order valence-corrected chi connectivity index (χ4v) is 8.57. The molecule has 10 rings (SSSR count). The molecular weight excluding hydrogens is 643 g/mol. The lowest BCUT2D eigenvalue weighted by Gasteiger charge is -2.30. The minimum Gasteiger partial charge on any atom is -0.456 e. The first-order valence-electron chi connectivity index (χ1n) is 18.4. The van der Waals surface area contributed by atoms with Gasteiger partial charge >= 0.3 is 0 Å². The quantitative estimate of drug-likeness (QED) is 0.174. The van der Waals surface area contributed by atoms with Gasteiger partial charge in [0, 0.05) is 22.1 Å². The summed E-state index contributed by atoms with van der Waals surface area (Å²) in [6.45, 7) is 4.68. The van der Waals surface area contributed by atoms with E-state index in [-0.39, 0.29) is 5.41 Å². The third-order valence-corrected chi connectivity index (χ3v) is 11.1. The molecular formula is C51H37NO. The highest BCUT2D eigenvalue weighted by Crippen LogP contribution is 2.53. The van der Waals surface area contributed by atoms with Crippen molar-refractivity contribution in [1.29, 1.82) is 0 Å². The molecule has 0 aliphatic heterocycles. The lowest BCUT2D eigenvalue weighted by Crippen LogP contribution is -2.15. The lowest BCUT2D eigenvalue weighted by atomic mass is 9.82. The molecule has 53 heavy (non-hydrogen) atoms. The van der Waals surface area contributed by atoms with Crippen LogP contribution in [0.15, 0.2) is 192 Å². The zero-order chi connectivity index (χ0) is 35.5. The van der Waals surface area contributed by atoms with E-state index in [1.807, 2.05) is 6.07 Å². The SMILES string of the molecule is CC1(C)c2ccccc2-c2cc(N(c3cccc(-c4ccccc4)c3-c3cccc(-c4ccccc4)c3)c3cccc4oc5ccccc5c34)ccc21. The van der Waals surface area contributed by atoms with Crippen LogP contribution < -0.4 is 4.90 Å². The standard InChI is InChI=1S/C51H37NO/c1-51(2)43-25-11-9-22-40(43)42-33-38(30-31-44(42)51)52(46-27-15-29-48-50(46)41-23-10-12-28-47(41)53-48)45-26-14-24-39(35-18-7-4-8-19-35)49(45)37-21-13-20-36(32-37)34-16-5-3-6-17-34/h3-33H,1-2H3. The van der Waals surface area contributed by atoms with Crippen LogP contribution in [0.4, 0.5) is 17.1 Å². The van der Waals surface area contributed by atoms with Gasteiger partial charge < -0.3 is 9.32 Å². The molecule has 0 bridgehead atoms. The summed E-state index contributed by atoms with van der Waals surface area (Å²) in [7, 11) is 0. The van der Waals surface area contributed by atoms with E-state index >= 15 is 0 Å². The van der Waals surface area contributed by atoms with Crippen molar-refractivity contribution in [2.75, 3.05) is 4.90 Å². The van der Waals surface area contributed by atoms with Gasteiger partial charge in [-0.1, -0.05) is 159 Å². The van der Waals surface area contributed by atoms with E-state index in [1.165, 1.54) is 50.1 Å². The smallest absolute Gasteiger partial charge is 0.137 e. The summed E-state index contributed by atoms with van der Waals surface area (Å²) in [4.78, 5) is 2.47. The van der Waals surface area contributed by atoms with Crippen LogP contribution in [-0.2, 0) is 5.41 Å². The monoisotopic (exact) mass is 679 g/mol. The first-order valence-corrected chi connectivity index (χ1v) is 18.4. The van der Waals surface area contributed by atoms with Crippen LogP contribution in [0.5, 0.6) is 0 Å². The molecule has 2 nitrogen and oxygen atoms in total. The Morgan fingerprint density at radius 3 is 1.87 bits per heavy atom. The number of para-hydroxylation sites is 1. The van der Waals surface area contributed by atoms with Crippen molar-refractivity contribution in [1.82, 2.24) is 0 Å². The summed E-state index contributed by atoms with van der Waals surface area (Å²) in [5.41, 5.74) is 17.3. The molecule has 1 aliphatic carbocycles. The molecule has 0 saturated carbocycles. The van der Waals surface area contributed by atoms with Gasteiger partial charge in [-0.2, -0.15) is 0 Å². The first-order chi connectivity index (χ1) is 26.1. The molecule has 0 radical (unpaired) electrons. The van der Waals surface area contributed by atoms with Crippen LogP contribution in [-0.4, -0.2) is 0 Å². The highest BCUT2D eigenvalue weighted by Gasteiger charge is 2.36. The molecule has 0 amide bonds. The normalized spacial score (nSPS) is 12.9. The van der Waals surface area contributed by atoms with Crippen molar-refractivity contribution in [3.63, 3.8) is 0 Å². The maximum atomic E-state index is 6.51. The second-order valence-electron chi connectivity index (χ2n) is 14.5. The van der Waals surface area contributed by atoms with E-state index in [4.69, 9.17) is 4.42 Å². The fourth-order valence-electron chi connectivity index (χ4n) is 8.57. The van der Waals surface area contributed by atoms with Crippen molar-refractivity contribution in [2.45, 2.75) is 19.3 Å². The van der Waals surface area contributed by atoms with Crippen molar-refractivity contribution in [2.24, 2.45) is 0 Å². The van der Waals surface area contributed by atoms with E-state index < -0.39 is 0 Å². The second kappa shape index (κ2) is 12.3. The number of hydrogen-bond donors (Lipinski definition) is 0. The molecule has 9 aromatic rings. The Hall–Kier alpha value is -6.64. The predicted molar refractivity (Wildman–Crippen MR) is 222 cm³/mol. The molecule has 1 aromatic heterocycles. The largest absolute Gasteiger partial charge is 0.456 e. The maximum absolute atomic E-state index is 6.51. The van der Waals surface area contributed by atoms with Gasteiger partial charge in [0.15, 0.2) is 0 Å². The number of rotatable bonds is 6. The van der Waals surface area contributed by atoms with Crippen molar-refractivity contribution >= 4 is 39.0 Å². The number of nitrogens with zero attached hydrogens (tertiary/aromatic N) is 1. The number of benzene rings is 8. The molecule has 1 heterocycles. The molecule has 1 aliphatic rings. The second-order valence-corrected chi connectivity index (χ2v) is 14.5. The molecule has 0 fully saturated rings. The highest BCUT2D eigenvalue weighted by atomic mass is 16.3. The molecule has 0 spiro atoms. The molecule has 252 valence electrons. The Morgan fingerprint density at radius 1 is 0.415 bits per heavy atom. The van der Waals surface area contributed by atoms with Crippen LogP contribution in [0.3, 0.4) is 0 Å². The van der Waals surface area contributed by atoms with Crippen LogP contribution in [0.1, 0.15) is 25.0 Å². The van der Waals surface area contributed by atoms with E-state index in [2.05, 4.69) is 201 Å². The maximum Gasteiger partial charge on any atom is 0.137 e. The van der Waals surface area contributed by atoms with Gasteiger partial charge in [-0.25, -0.2) is 0 Å². The van der Waals surface area contributed by atoms with E-state index in [0.717, 1.165) is 44.6 Å². The fraction of sp³-hybridized carbons (Fsp3) is 0.0588. The molecule has 0 saturated heterocycles. The van der Waals surface area contributed by atoms with Gasteiger partial charge in [0.1, 0.15) is 11.2 Å². The van der Waals surface area contributed by atoms with Gasteiger partial charge in [0.25, 0.3) is 0 Å². The van der Waals surface area contributed by atoms with Crippen LogP contribution >= 0.6 is 0 Å². The highest BCUT2D eigenvalue weighted by molar-refractivity contribution is 6.14. The zero-order valence-electron chi connectivity index (χ0n) is 29.8. The Balaban J connectivity index is 1.30. The van der Waals surface area contributed by atoms with Crippen molar-refractivity contribution < 1.29 is 4.42 Å². The summed E-state index contributed by atoms with van der Waals surface area (Å²) >= 11 is 0. The summed E-state index contributed by atoms with van der Waals surface area (Å²) in [6.07, 6.45) is 0. The average Bonchev–Trinajstić information content (AvgIpc) is 3.71. The Bertz CT molecular complexity index is 2810. The average molecular weight is 680 g/mol. The topological polar surface area (TPSA) is 16.4 Å². The molecule has 0 atom stereocenters. The van der Waals surface area contributed by atoms with Crippen LogP contribution in [0.2, 0.25) is 0 Å².